The van der Waals surface area contributed by atoms with Crippen LogP contribution in [0.4, 0.5) is 0 Å². The minimum atomic E-state index is -0.0824. The molecule has 2 heterocycles. The second-order valence-electron chi connectivity index (χ2n) is 4.88. The first kappa shape index (κ1) is 14.8. The Kier molecular flexibility index (Phi) is 5.83. The number of furan rings is 1. The molecular weight excluding hydrogens is 256 g/mol. The first-order chi connectivity index (χ1) is 9.74. The standard InChI is InChI=1S/C15H22N2O3/c1-13-3-4-14(20-13)5-6-15(18)16-7-2-8-17-9-11-19-12-10-17/h3-6H,2,7-12H2,1H3,(H,16,18). The van der Waals surface area contributed by atoms with Crippen molar-refractivity contribution < 1.29 is 13.9 Å². The summed E-state index contributed by atoms with van der Waals surface area (Å²) >= 11 is 0. The number of carbonyl (C=O) groups excluding carboxylic acids is 1. The molecule has 1 aromatic rings. The molecule has 1 amide bonds. The van der Waals surface area contributed by atoms with E-state index < -0.39 is 0 Å². The van der Waals surface area contributed by atoms with Gasteiger partial charge in [0.15, 0.2) is 0 Å². The third-order valence-corrected chi connectivity index (χ3v) is 3.21. The van der Waals surface area contributed by atoms with Crippen LogP contribution in [0.2, 0.25) is 0 Å². The molecule has 0 atom stereocenters. The van der Waals surface area contributed by atoms with Gasteiger partial charge in [0, 0.05) is 25.7 Å². The number of nitrogens with one attached hydrogen (secondary N) is 1. The van der Waals surface area contributed by atoms with Crippen molar-refractivity contribution in [3.05, 3.63) is 29.7 Å². The molecule has 1 aromatic heterocycles. The lowest BCUT2D eigenvalue weighted by Gasteiger charge is -2.26. The van der Waals surface area contributed by atoms with E-state index in [1.165, 1.54) is 6.08 Å². The highest BCUT2D eigenvalue weighted by Crippen LogP contribution is 2.07. The highest BCUT2D eigenvalue weighted by molar-refractivity contribution is 5.91. The van der Waals surface area contributed by atoms with Crippen LogP contribution in [-0.2, 0) is 9.53 Å². The highest BCUT2D eigenvalue weighted by Gasteiger charge is 2.09. The van der Waals surface area contributed by atoms with Crippen molar-refractivity contribution in [3.8, 4) is 0 Å². The van der Waals surface area contributed by atoms with Crippen LogP contribution < -0.4 is 5.32 Å². The lowest BCUT2D eigenvalue weighted by atomic mass is 10.3. The zero-order chi connectivity index (χ0) is 14.2. The van der Waals surface area contributed by atoms with Gasteiger partial charge in [-0.1, -0.05) is 0 Å². The second-order valence-corrected chi connectivity index (χ2v) is 4.88. The average molecular weight is 278 g/mol. The van der Waals surface area contributed by atoms with E-state index in [1.54, 1.807) is 6.08 Å². The Bertz CT molecular complexity index is 448. The predicted molar refractivity (Wildman–Crippen MR) is 77.4 cm³/mol. The van der Waals surface area contributed by atoms with Gasteiger partial charge < -0.3 is 14.5 Å². The van der Waals surface area contributed by atoms with Crippen LogP contribution in [-0.4, -0.2) is 50.2 Å². The van der Waals surface area contributed by atoms with Crippen molar-refractivity contribution in [1.82, 2.24) is 10.2 Å². The summed E-state index contributed by atoms with van der Waals surface area (Å²) in [4.78, 5) is 14.0. The summed E-state index contributed by atoms with van der Waals surface area (Å²) in [6.45, 7) is 7.19. The third kappa shape index (κ3) is 5.19. The number of morpholine rings is 1. The molecule has 0 saturated carbocycles. The Morgan fingerprint density at radius 1 is 1.40 bits per heavy atom. The summed E-state index contributed by atoms with van der Waals surface area (Å²) in [7, 11) is 0. The maximum Gasteiger partial charge on any atom is 0.244 e. The minimum Gasteiger partial charge on any atom is -0.462 e. The quantitative estimate of drug-likeness (QED) is 0.632. The van der Waals surface area contributed by atoms with Gasteiger partial charge in [0.2, 0.25) is 5.91 Å². The van der Waals surface area contributed by atoms with Gasteiger partial charge in [-0.25, -0.2) is 0 Å². The van der Waals surface area contributed by atoms with Gasteiger partial charge in [-0.05, 0) is 38.1 Å². The van der Waals surface area contributed by atoms with Crippen LogP contribution in [0.5, 0.6) is 0 Å². The second kappa shape index (κ2) is 7.87. The van der Waals surface area contributed by atoms with E-state index in [9.17, 15) is 4.79 Å². The lowest BCUT2D eigenvalue weighted by molar-refractivity contribution is -0.116. The van der Waals surface area contributed by atoms with Crippen LogP contribution in [0.15, 0.2) is 22.6 Å². The van der Waals surface area contributed by atoms with Crippen LogP contribution in [0.1, 0.15) is 17.9 Å². The third-order valence-electron chi connectivity index (χ3n) is 3.21. The SMILES string of the molecule is Cc1ccc(C=CC(=O)NCCCN2CCOCC2)o1. The van der Waals surface area contributed by atoms with Gasteiger partial charge in [0.1, 0.15) is 11.5 Å². The maximum atomic E-state index is 11.6. The fourth-order valence-corrected chi connectivity index (χ4v) is 2.10. The van der Waals surface area contributed by atoms with E-state index in [0.29, 0.717) is 12.3 Å². The fourth-order valence-electron chi connectivity index (χ4n) is 2.10. The molecule has 0 aliphatic carbocycles. The number of nitrogens with zero attached hydrogens (tertiary/aromatic N) is 1. The summed E-state index contributed by atoms with van der Waals surface area (Å²) in [6, 6.07) is 3.72. The molecule has 2 rings (SSSR count). The molecule has 1 aliphatic heterocycles. The summed E-state index contributed by atoms with van der Waals surface area (Å²) < 4.78 is 10.6. The molecule has 5 heteroatoms. The van der Waals surface area contributed by atoms with E-state index in [-0.39, 0.29) is 5.91 Å². The molecule has 0 bridgehead atoms. The van der Waals surface area contributed by atoms with Crippen molar-refractivity contribution in [1.29, 1.82) is 0 Å². The number of rotatable bonds is 6. The molecule has 1 fully saturated rings. The topological polar surface area (TPSA) is 54.7 Å². The van der Waals surface area contributed by atoms with E-state index in [1.807, 2.05) is 19.1 Å². The summed E-state index contributed by atoms with van der Waals surface area (Å²) in [5.74, 6) is 1.46. The monoisotopic (exact) mass is 278 g/mol. The van der Waals surface area contributed by atoms with Gasteiger partial charge in [-0.3, -0.25) is 9.69 Å². The molecule has 5 nitrogen and oxygen atoms in total. The van der Waals surface area contributed by atoms with E-state index in [0.717, 1.165) is 45.0 Å². The molecule has 1 N–H and O–H groups in total. The number of hydrogen-bond acceptors (Lipinski definition) is 4. The average Bonchev–Trinajstić information content (AvgIpc) is 2.88. The van der Waals surface area contributed by atoms with Crippen molar-refractivity contribution in [3.63, 3.8) is 0 Å². The predicted octanol–water partition coefficient (Wildman–Crippen LogP) is 1.44. The summed E-state index contributed by atoms with van der Waals surface area (Å²) in [6.07, 6.45) is 4.15. The van der Waals surface area contributed by atoms with Crippen LogP contribution in [0.3, 0.4) is 0 Å². The smallest absolute Gasteiger partial charge is 0.244 e. The van der Waals surface area contributed by atoms with Gasteiger partial charge in [0.25, 0.3) is 0 Å². The van der Waals surface area contributed by atoms with E-state index >= 15 is 0 Å². The molecule has 0 unspecified atom stereocenters. The van der Waals surface area contributed by atoms with Gasteiger partial charge in [-0.15, -0.1) is 0 Å². The maximum absolute atomic E-state index is 11.6. The normalized spacial score (nSPS) is 16.6. The summed E-state index contributed by atoms with van der Waals surface area (Å²) in [5.41, 5.74) is 0. The Balaban J connectivity index is 1.59. The highest BCUT2D eigenvalue weighted by atomic mass is 16.5. The Hall–Kier alpha value is -1.59. The summed E-state index contributed by atoms with van der Waals surface area (Å²) in [5, 5.41) is 2.87. The molecule has 0 aromatic carbocycles. The van der Waals surface area contributed by atoms with Gasteiger partial charge >= 0.3 is 0 Å². The van der Waals surface area contributed by atoms with Crippen LogP contribution in [0, 0.1) is 6.92 Å². The number of hydrogen-bond donors (Lipinski definition) is 1. The Morgan fingerprint density at radius 2 is 2.20 bits per heavy atom. The van der Waals surface area contributed by atoms with Crippen molar-refractivity contribution in [2.45, 2.75) is 13.3 Å². The fraction of sp³-hybridized carbons (Fsp3) is 0.533. The van der Waals surface area contributed by atoms with E-state index in [2.05, 4.69) is 10.2 Å². The number of ether oxygens (including phenoxy) is 1. The number of amides is 1. The van der Waals surface area contributed by atoms with Crippen LogP contribution in [0.25, 0.3) is 6.08 Å². The van der Waals surface area contributed by atoms with Crippen molar-refractivity contribution in [2.75, 3.05) is 39.4 Å². The van der Waals surface area contributed by atoms with Crippen LogP contribution >= 0.6 is 0 Å². The van der Waals surface area contributed by atoms with Crippen molar-refractivity contribution in [2.24, 2.45) is 0 Å². The minimum absolute atomic E-state index is 0.0824. The van der Waals surface area contributed by atoms with Gasteiger partial charge in [0.05, 0.1) is 13.2 Å². The molecule has 20 heavy (non-hydrogen) atoms. The largest absolute Gasteiger partial charge is 0.462 e. The number of carbonyl (C=O) groups is 1. The molecule has 0 spiro atoms. The molecule has 0 radical (unpaired) electrons. The Labute approximate surface area is 119 Å². The molecule has 1 aliphatic rings. The first-order valence-corrected chi connectivity index (χ1v) is 7.06. The lowest BCUT2D eigenvalue weighted by Crippen LogP contribution is -2.38. The zero-order valence-electron chi connectivity index (χ0n) is 11.9. The Morgan fingerprint density at radius 3 is 2.90 bits per heavy atom. The van der Waals surface area contributed by atoms with Gasteiger partial charge in [-0.2, -0.15) is 0 Å². The number of aryl methyl sites for hydroxylation is 1. The molecule has 110 valence electrons. The molecule has 1 saturated heterocycles. The first-order valence-electron chi connectivity index (χ1n) is 7.06. The molecular formula is C15H22N2O3. The zero-order valence-corrected chi connectivity index (χ0v) is 11.9. The van der Waals surface area contributed by atoms with E-state index in [4.69, 9.17) is 9.15 Å². The van der Waals surface area contributed by atoms with Crippen molar-refractivity contribution >= 4 is 12.0 Å².